The van der Waals surface area contributed by atoms with Gasteiger partial charge in [-0.2, -0.15) is 4.98 Å². The van der Waals surface area contributed by atoms with Crippen LogP contribution in [-0.4, -0.2) is 52.8 Å². The van der Waals surface area contributed by atoms with Gasteiger partial charge in [0, 0.05) is 55.9 Å². The fourth-order valence-corrected chi connectivity index (χ4v) is 5.42. The molecule has 0 spiro atoms. The van der Waals surface area contributed by atoms with E-state index >= 15 is 4.39 Å². The fraction of sp³-hybridized carbons (Fsp3) is 0.258. The highest BCUT2D eigenvalue weighted by Crippen LogP contribution is 2.28. The molecule has 3 heterocycles. The third-order valence-corrected chi connectivity index (χ3v) is 7.90. The van der Waals surface area contributed by atoms with Crippen molar-refractivity contribution in [3.63, 3.8) is 0 Å². The van der Waals surface area contributed by atoms with Gasteiger partial charge in [0.25, 0.3) is 0 Å². The maximum atomic E-state index is 15.6. The van der Waals surface area contributed by atoms with Gasteiger partial charge in [0.1, 0.15) is 5.82 Å². The van der Waals surface area contributed by atoms with E-state index in [4.69, 9.17) is 21.9 Å². The zero-order valence-electron chi connectivity index (χ0n) is 22.7. The van der Waals surface area contributed by atoms with E-state index in [1.807, 2.05) is 58.0 Å². The molecule has 0 radical (unpaired) electrons. The molecule has 210 valence electrons. The highest BCUT2D eigenvalue weighted by atomic mass is 35.5. The van der Waals surface area contributed by atoms with E-state index in [1.54, 1.807) is 12.3 Å². The Morgan fingerprint density at radius 1 is 1.02 bits per heavy atom. The molecule has 1 aliphatic rings. The summed E-state index contributed by atoms with van der Waals surface area (Å²) in [6, 6.07) is 18.4. The molecule has 2 aromatic heterocycles. The second-order valence-electron chi connectivity index (χ2n) is 10.4. The van der Waals surface area contributed by atoms with Crippen molar-refractivity contribution in [1.82, 2.24) is 19.6 Å². The number of pyridine rings is 1. The predicted octanol–water partition coefficient (Wildman–Crippen LogP) is 4.69. The lowest BCUT2D eigenvalue weighted by Gasteiger charge is -2.34. The highest BCUT2D eigenvalue weighted by molar-refractivity contribution is 6.30. The number of likely N-dealkylation sites (N-methyl/N-ethyl adjacent to an activating group) is 1. The first kappa shape index (κ1) is 27.1. The van der Waals surface area contributed by atoms with Crippen LogP contribution in [-0.2, 0) is 19.5 Å². The number of hydrogen-bond donors (Lipinski definition) is 1. The normalized spacial score (nSPS) is 14.2. The summed E-state index contributed by atoms with van der Waals surface area (Å²) in [5, 5.41) is 5.02. The van der Waals surface area contributed by atoms with Crippen molar-refractivity contribution < 1.29 is 8.91 Å². The van der Waals surface area contributed by atoms with Gasteiger partial charge in [0.05, 0.1) is 23.2 Å². The van der Waals surface area contributed by atoms with Gasteiger partial charge in [0.2, 0.25) is 17.1 Å². The molecule has 2 N–H and O–H groups in total. The van der Waals surface area contributed by atoms with Crippen LogP contribution in [0, 0.1) is 5.82 Å². The number of anilines is 1. The van der Waals surface area contributed by atoms with Crippen molar-refractivity contribution in [3.8, 4) is 11.4 Å². The molecule has 10 heteroatoms. The number of hydrogen-bond acceptors (Lipinski definition) is 7. The number of nitrogens with zero attached hydrogens (tertiary/aromatic N) is 5. The minimum atomic E-state index is -0.429. The monoisotopic (exact) mass is 572 g/mol. The number of rotatable bonds is 7. The maximum absolute atomic E-state index is 15.6. The summed E-state index contributed by atoms with van der Waals surface area (Å²) < 4.78 is 23.0. The molecule has 0 atom stereocenters. The Morgan fingerprint density at radius 2 is 1.76 bits per heavy atom. The van der Waals surface area contributed by atoms with Crippen LogP contribution in [0.1, 0.15) is 22.6 Å². The van der Waals surface area contributed by atoms with Crippen LogP contribution >= 0.6 is 11.6 Å². The van der Waals surface area contributed by atoms with Gasteiger partial charge in [-0.3, -0.25) is 4.79 Å². The van der Waals surface area contributed by atoms with E-state index < -0.39 is 5.82 Å². The number of aromatic nitrogens is 3. The van der Waals surface area contributed by atoms with Gasteiger partial charge in [-0.05, 0) is 48.0 Å². The molecule has 0 aliphatic carbocycles. The summed E-state index contributed by atoms with van der Waals surface area (Å²) in [6.07, 6.45) is 2.11. The molecular weight excluding hydrogens is 543 g/mol. The van der Waals surface area contributed by atoms with E-state index in [2.05, 4.69) is 22.1 Å². The van der Waals surface area contributed by atoms with Crippen LogP contribution in [0.25, 0.3) is 22.3 Å². The summed E-state index contributed by atoms with van der Waals surface area (Å²) in [5.41, 5.74) is 9.81. The lowest BCUT2D eigenvalue weighted by Crippen LogP contribution is -2.44. The summed E-state index contributed by atoms with van der Waals surface area (Å²) >= 11 is 6.12. The van der Waals surface area contributed by atoms with Crippen molar-refractivity contribution in [2.45, 2.75) is 19.5 Å². The van der Waals surface area contributed by atoms with E-state index in [1.165, 1.54) is 6.07 Å². The van der Waals surface area contributed by atoms with Gasteiger partial charge in [-0.25, -0.2) is 4.39 Å². The summed E-state index contributed by atoms with van der Waals surface area (Å²) in [4.78, 5) is 22.6. The summed E-state index contributed by atoms with van der Waals surface area (Å²) in [7, 11) is 2.06. The standard InChI is InChI=1S/C31H30ClFN6O2/c1-37-10-12-38(13-11-37)28-16-27-24(15-26(28)33)30(40)25(19-39(27)18-20-6-8-23(32)9-7-20)31-35-29(41-36-31)14-21-4-2-3-5-22(21)17-34/h2-9,15-16,19H,10-14,17-18,34H2,1H3. The van der Waals surface area contributed by atoms with E-state index in [0.717, 1.165) is 29.8 Å². The first-order valence-electron chi connectivity index (χ1n) is 13.5. The molecule has 0 amide bonds. The molecule has 6 rings (SSSR count). The van der Waals surface area contributed by atoms with Crippen LogP contribution in [0.3, 0.4) is 0 Å². The van der Waals surface area contributed by atoms with Crippen molar-refractivity contribution >= 4 is 28.2 Å². The van der Waals surface area contributed by atoms with E-state index in [9.17, 15) is 4.79 Å². The second-order valence-corrected chi connectivity index (χ2v) is 10.8. The third kappa shape index (κ3) is 5.61. The SMILES string of the molecule is CN1CCN(c2cc3c(cc2F)c(=O)c(-c2noc(Cc4ccccc4CN)n2)cn3Cc2ccc(Cl)cc2)CC1. The Hall–Kier alpha value is -4.05. The van der Waals surface area contributed by atoms with E-state index in [-0.39, 0.29) is 22.2 Å². The van der Waals surface area contributed by atoms with Gasteiger partial charge in [0.15, 0.2) is 0 Å². The molecule has 1 fully saturated rings. The molecule has 3 aromatic carbocycles. The van der Waals surface area contributed by atoms with Crippen LogP contribution in [0.15, 0.2) is 76.2 Å². The molecule has 1 aliphatic heterocycles. The minimum absolute atomic E-state index is 0.158. The third-order valence-electron chi connectivity index (χ3n) is 7.65. The Kier molecular flexibility index (Phi) is 7.57. The molecule has 1 saturated heterocycles. The summed E-state index contributed by atoms with van der Waals surface area (Å²) in [6.45, 7) is 3.91. The lowest BCUT2D eigenvalue weighted by molar-refractivity contribution is 0.312. The molecule has 0 unspecified atom stereocenters. The number of benzene rings is 3. The largest absolute Gasteiger partial charge is 0.367 e. The van der Waals surface area contributed by atoms with Gasteiger partial charge >= 0.3 is 0 Å². The molecular formula is C31H30ClFN6O2. The van der Waals surface area contributed by atoms with Gasteiger partial charge < -0.3 is 24.6 Å². The maximum Gasteiger partial charge on any atom is 0.231 e. The second kappa shape index (κ2) is 11.4. The quantitative estimate of drug-likeness (QED) is 0.302. The Balaban J connectivity index is 1.44. The molecule has 8 nitrogen and oxygen atoms in total. The van der Waals surface area contributed by atoms with Crippen LogP contribution in [0.4, 0.5) is 10.1 Å². The number of halogens is 2. The van der Waals surface area contributed by atoms with Crippen LogP contribution < -0.4 is 16.1 Å². The molecule has 0 bridgehead atoms. The van der Waals surface area contributed by atoms with Gasteiger partial charge in [-0.1, -0.05) is 53.2 Å². The van der Waals surface area contributed by atoms with Crippen molar-refractivity contribution in [2.24, 2.45) is 5.73 Å². The first-order valence-corrected chi connectivity index (χ1v) is 13.9. The molecule has 0 saturated carbocycles. The summed E-state index contributed by atoms with van der Waals surface area (Å²) in [5.74, 6) is 0.0910. The lowest BCUT2D eigenvalue weighted by atomic mass is 10.0. The van der Waals surface area contributed by atoms with E-state index in [0.29, 0.717) is 54.7 Å². The van der Waals surface area contributed by atoms with Crippen molar-refractivity contribution in [3.05, 3.63) is 111 Å². The topological polar surface area (TPSA) is 93.4 Å². The molecule has 41 heavy (non-hydrogen) atoms. The number of piperazine rings is 1. The number of fused-ring (bicyclic) bond motifs is 1. The smallest absolute Gasteiger partial charge is 0.231 e. The zero-order chi connectivity index (χ0) is 28.5. The van der Waals surface area contributed by atoms with Crippen molar-refractivity contribution in [2.75, 3.05) is 38.1 Å². The van der Waals surface area contributed by atoms with Crippen LogP contribution in [0.2, 0.25) is 5.02 Å². The Labute approximate surface area is 241 Å². The highest BCUT2D eigenvalue weighted by Gasteiger charge is 2.22. The van der Waals surface area contributed by atoms with Crippen LogP contribution in [0.5, 0.6) is 0 Å². The Morgan fingerprint density at radius 3 is 2.49 bits per heavy atom. The zero-order valence-corrected chi connectivity index (χ0v) is 23.4. The Bertz CT molecular complexity index is 1760. The average molecular weight is 573 g/mol. The number of nitrogens with two attached hydrogens (primary N) is 1. The molecule has 5 aromatic rings. The predicted molar refractivity (Wildman–Crippen MR) is 159 cm³/mol. The van der Waals surface area contributed by atoms with Gasteiger partial charge in [-0.15, -0.1) is 0 Å². The minimum Gasteiger partial charge on any atom is -0.367 e. The average Bonchev–Trinajstić information content (AvgIpc) is 3.44. The first-order chi connectivity index (χ1) is 19.9. The van der Waals surface area contributed by atoms with Crippen molar-refractivity contribution in [1.29, 1.82) is 0 Å². The fourth-order valence-electron chi connectivity index (χ4n) is 5.29.